The third-order valence-electron chi connectivity index (χ3n) is 3.81. The van der Waals surface area contributed by atoms with E-state index < -0.39 is 0 Å². The number of Topliss-reactive ketones (excluding diaryl/α,β-unsaturated/α-hetero) is 1. The molecule has 1 saturated heterocycles. The second-order valence-corrected chi connectivity index (χ2v) is 5.45. The zero-order valence-corrected chi connectivity index (χ0v) is 11.9. The van der Waals surface area contributed by atoms with Crippen molar-refractivity contribution in [2.24, 2.45) is 5.92 Å². The molecule has 0 aromatic heterocycles. The van der Waals surface area contributed by atoms with Gasteiger partial charge in [-0.25, -0.2) is 0 Å². The summed E-state index contributed by atoms with van der Waals surface area (Å²) in [4.78, 5) is 14.5. The number of piperidine rings is 1. The summed E-state index contributed by atoms with van der Waals surface area (Å²) in [6.45, 7) is 5.45. The summed E-state index contributed by atoms with van der Waals surface area (Å²) in [7, 11) is 1.63. The Bertz CT molecular complexity index is 413. The van der Waals surface area contributed by atoms with E-state index in [1.165, 1.54) is 12.8 Å². The minimum Gasteiger partial charge on any atom is -0.497 e. The van der Waals surface area contributed by atoms with Crippen LogP contribution in [0.25, 0.3) is 0 Å². The van der Waals surface area contributed by atoms with Crippen LogP contribution in [0.4, 0.5) is 0 Å². The lowest BCUT2D eigenvalue weighted by molar-refractivity contribution is 0.0949. The molecule has 1 aromatic rings. The average molecular weight is 261 g/mol. The van der Waals surface area contributed by atoms with Crippen LogP contribution in [0.2, 0.25) is 0 Å². The van der Waals surface area contributed by atoms with Gasteiger partial charge in [-0.3, -0.25) is 4.79 Å². The molecule has 1 heterocycles. The topological polar surface area (TPSA) is 29.5 Å². The molecule has 0 aliphatic carbocycles. The molecule has 1 aliphatic rings. The number of ketones is 1. The lowest BCUT2D eigenvalue weighted by Crippen LogP contribution is -2.35. The van der Waals surface area contributed by atoms with E-state index in [9.17, 15) is 4.79 Å². The minimum atomic E-state index is 0.223. The van der Waals surface area contributed by atoms with Gasteiger partial charge in [0.15, 0.2) is 5.78 Å². The van der Waals surface area contributed by atoms with E-state index in [4.69, 9.17) is 4.74 Å². The Morgan fingerprint density at radius 3 is 2.74 bits per heavy atom. The molecule has 0 N–H and O–H groups in total. The predicted octanol–water partition coefficient (Wildman–Crippen LogP) is 3.00. The number of hydrogen-bond acceptors (Lipinski definition) is 3. The summed E-state index contributed by atoms with van der Waals surface area (Å²) in [5.41, 5.74) is 0.783. The zero-order chi connectivity index (χ0) is 13.7. The summed E-state index contributed by atoms with van der Waals surface area (Å²) in [5.74, 6) is 1.78. The van der Waals surface area contributed by atoms with Crippen molar-refractivity contribution in [3.05, 3.63) is 29.8 Å². The lowest BCUT2D eigenvalue weighted by atomic mass is 9.99. The highest BCUT2D eigenvalue weighted by Crippen LogP contribution is 2.17. The van der Waals surface area contributed by atoms with E-state index in [1.807, 2.05) is 24.3 Å². The molecule has 0 spiro atoms. The van der Waals surface area contributed by atoms with Crippen LogP contribution in [0.1, 0.15) is 36.5 Å². The molecule has 0 amide bonds. The summed E-state index contributed by atoms with van der Waals surface area (Å²) in [6, 6.07) is 7.38. The van der Waals surface area contributed by atoms with E-state index in [0.717, 1.165) is 36.9 Å². The Labute approximate surface area is 115 Å². The molecule has 3 nitrogen and oxygen atoms in total. The molecule has 1 fully saturated rings. The first-order valence-electron chi connectivity index (χ1n) is 7.08. The van der Waals surface area contributed by atoms with E-state index in [2.05, 4.69) is 11.8 Å². The van der Waals surface area contributed by atoms with Crippen LogP contribution in [0.5, 0.6) is 5.75 Å². The van der Waals surface area contributed by atoms with Gasteiger partial charge in [-0.05, 0) is 49.6 Å². The summed E-state index contributed by atoms with van der Waals surface area (Å²) in [5, 5.41) is 0. The van der Waals surface area contributed by atoms with Crippen molar-refractivity contribution in [1.82, 2.24) is 4.90 Å². The number of rotatable bonds is 5. The van der Waals surface area contributed by atoms with Crippen molar-refractivity contribution in [2.45, 2.75) is 26.2 Å². The predicted molar refractivity (Wildman–Crippen MR) is 76.8 cm³/mol. The van der Waals surface area contributed by atoms with E-state index in [0.29, 0.717) is 6.42 Å². The second-order valence-electron chi connectivity index (χ2n) is 5.45. The molecule has 1 aromatic carbocycles. The first kappa shape index (κ1) is 14.1. The highest BCUT2D eigenvalue weighted by atomic mass is 16.5. The SMILES string of the molecule is COc1ccc(C(=O)CCN2CCC[C@@H](C)C2)cc1. The molecular weight excluding hydrogens is 238 g/mol. The fourth-order valence-electron chi connectivity index (χ4n) is 2.67. The molecular formula is C16H23NO2. The molecule has 0 saturated carbocycles. The van der Waals surface area contributed by atoms with Gasteiger partial charge in [0.1, 0.15) is 5.75 Å². The maximum Gasteiger partial charge on any atom is 0.164 e. The van der Waals surface area contributed by atoms with Crippen LogP contribution in [-0.4, -0.2) is 37.4 Å². The van der Waals surface area contributed by atoms with Crippen molar-refractivity contribution in [1.29, 1.82) is 0 Å². The Kier molecular flexibility index (Phi) is 4.97. The number of ether oxygens (including phenoxy) is 1. The van der Waals surface area contributed by atoms with Gasteiger partial charge >= 0.3 is 0 Å². The van der Waals surface area contributed by atoms with Gasteiger partial charge in [0.05, 0.1) is 7.11 Å². The Balaban J connectivity index is 1.83. The molecule has 19 heavy (non-hydrogen) atoms. The van der Waals surface area contributed by atoms with Crippen LogP contribution >= 0.6 is 0 Å². The Hall–Kier alpha value is -1.35. The van der Waals surface area contributed by atoms with Gasteiger partial charge in [-0.1, -0.05) is 6.92 Å². The standard InChI is InChI=1S/C16H23NO2/c1-13-4-3-10-17(12-13)11-9-16(18)14-5-7-15(19-2)8-6-14/h5-8,13H,3-4,9-12H2,1-2H3/t13-/m1/s1. The molecule has 0 unspecified atom stereocenters. The van der Waals surface area contributed by atoms with Crippen LogP contribution in [-0.2, 0) is 0 Å². The average Bonchev–Trinajstić information content (AvgIpc) is 2.45. The van der Waals surface area contributed by atoms with Gasteiger partial charge in [0.25, 0.3) is 0 Å². The van der Waals surface area contributed by atoms with Gasteiger partial charge < -0.3 is 9.64 Å². The van der Waals surface area contributed by atoms with Crippen molar-refractivity contribution in [3.63, 3.8) is 0 Å². The fourth-order valence-corrected chi connectivity index (χ4v) is 2.67. The Morgan fingerprint density at radius 2 is 2.11 bits per heavy atom. The summed E-state index contributed by atoms with van der Waals surface area (Å²) >= 11 is 0. The number of carbonyl (C=O) groups excluding carboxylic acids is 1. The van der Waals surface area contributed by atoms with E-state index in [1.54, 1.807) is 7.11 Å². The first-order valence-corrected chi connectivity index (χ1v) is 7.08. The summed E-state index contributed by atoms with van der Waals surface area (Å²) < 4.78 is 5.10. The van der Waals surface area contributed by atoms with Crippen LogP contribution in [0, 0.1) is 5.92 Å². The van der Waals surface area contributed by atoms with Gasteiger partial charge in [-0.2, -0.15) is 0 Å². The highest BCUT2D eigenvalue weighted by molar-refractivity contribution is 5.96. The molecule has 1 aliphatic heterocycles. The largest absolute Gasteiger partial charge is 0.497 e. The van der Waals surface area contributed by atoms with E-state index >= 15 is 0 Å². The lowest BCUT2D eigenvalue weighted by Gasteiger charge is -2.30. The number of benzene rings is 1. The first-order chi connectivity index (χ1) is 9.19. The maximum atomic E-state index is 12.1. The molecule has 0 radical (unpaired) electrons. The molecule has 104 valence electrons. The van der Waals surface area contributed by atoms with Crippen LogP contribution < -0.4 is 4.74 Å². The van der Waals surface area contributed by atoms with Crippen molar-refractivity contribution < 1.29 is 9.53 Å². The Morgan fingerprint density at radius 1 is 1.37 bits per heavy atom. The third-order valence-corrected chi connectivity index (χ3v) is 3.81. The number of hydrogen-bond donors (Lipinski definition) is 0. The van der Waals surface area contributed by atoms with Crippen LogP contribution in [0.3, 0.4) is 0 Å². The van der Waals surface area contributed by atoms with Gasteiger partial charge in [-0.15, -0.1) is 0 Å². The number of carbonyl (C=O) groups is 1. The number of methoxy groups -OCH3 is 1. The van der Waals surface area contributed by atoms with Gasteiger partial charge in [0, 0.05) is 25.1 Å². The third kappa shape index (κ3) is 4.06. The van der Waals surface area contributed by atoms with E-state index in [-0.39, 0.29) is 5.78 Å². The molecule has 3 heteroatoms. The normalized spacial score (nSPS) is 20.2. The summed E-state index contributed by atoms with van der Waals surface area (Å²) in [6.07, 6.45) is 3.19. The molecule has 1 atom stereocenters. The molecule has 2 rings (SSSR count). The van der Waals surface area contributed by atoms with Crippen molar-refractivity contribution in [3.8, 4) is 5.75 Å². The highest BCUT2D eigenvalue weighted by Gasteiger charge is 2.17. The monoisotopic (exact) mass is 261 g/mol. The van der Waals surface area contributed by atoms with Crippen molar-refractivity contribution in [2.75, 3.05) is 26.7 Å². The second kappa shape index (κ2) is 6.71. The quantitative estimate of drug-likeness (QED) is 0.763. The fraction of sp³-hybridized carbons (Fsp3) is 0.562. The van der Waals surface area contributed by atoms with Gasteiger partial charge in [0.2, 0.25) is 0 Å². The zero-order valence-electron chi connectivity index (χ0n) is 11.9. The number of nitrogens with zero attached hydrogens (tertiary/aromatic N) is 1. The minimum absolute atomic E-state index is 0.223. The maximum absolute atomic E-state index is 12.1. The number of likely N-dealkylation sites (tertiary alicyclic amines) is 1. The van der Waals surface area contributed by atoms with Crippen LogP contribution in [0.15, 0.2) is 24.3 Å². The van der Waals surface area contributed by atoms with Crippen molar-refractivity contribution >= 4 is 5.78 Å². The smallest absolute Gasteiger partial charge is 0.164 e. The molecule has 0 bridgehead atoms.